The second kappa shape index (κ2) is 10.7. The van der Waals surface area contributed by atoms with E-state index >= 15 is 0 Å². The quantitative estimate of drug-likeness (QED) is 0.580. The first kappa shape index (κ1) is 23.8. The summed E-state index contributed by atoms with van der Waals surface area (Å²) in [7, 11) is 1.69. The SMILES string of the molecule is CCOC(=O)C1CCN([C@H](c2cccc(OC)c2)c2c(NC(C)=O)sc3c2CCCC3)CC1. The molecule has 2 aromatic rings. The maximum Gasteiger partial charge on any atom is 0.309 e. The lowest BCUT2D eigenvalue weighted by molar-refractivity contribution is -0.149. The van der Waals surface area contributed by atoms with Crippen LogP contribution in [0.3, 0.4) is 0 Å². The molecule has 1 aliphatic heterocycles. The highest BCUT2D eigenvalue weighted by atomic mass is 32.1. The van der Waals surface area contributed by atoms with Crippen molar-refractivity contribution >= 4 is 28.2 Å². The van der Waals surface area contributed by atoms with E-state index in [4.69, 9.17) is 9.47 Å². The minimum absolute atomic E-state index is 0.00296. The number of anilines is 1. The molecule has 1 atom stereocenters. The molecule has 0 spiro atoms. The van der Waals surface area contributed by atoms with E-state index in [2.05, 4.69) is 22.3 Å². The number of nitrogens with one attached hydrogen (secondary N) is 1. The molecule has 6 nitrogen and oxygen atoms in total. The summed E-state index contributed by atoms with van der Waals surface area (Å²) in [5.74, 6) is 0.657. The van der Waals surface area contributed by atoms with Gasteiger partial charge in [0.1, 0.15) is 10.8 Å². The van der Waals surface area contributed by atoms with Crippen LogP contribution in [-0.4, -0.2) is 43.6 Å². The molecule has 7 heteroatoms. The second-order valence-corrected chi connectivity index (χ2v) is 9.98. The molecule has 1 amide bonds. The Kier molecular flexibility index (Phi) is 7.71. The number of methoxy groups -OCH3 is 1. The zero-order valence-corrected chi connectivity index (χ0v) is 20.6. The van der Waals surface area contributed by atoms with E-state index in [-0.39, 0.29) is 23.8 Å². The maximum absolute atomic E-state index is 12.3. The van der Waals surface area contributed by atoms with Gasteiger partial charge in [-0.3, -0.25) is 14.5 Å². The number of likely N-dealkylation sites (tertiary alicyclic amines) is 1. The highest BCUT2D eigenvalue weighted by Crippen LogP contribution is 2.46. The monoisotopic (exact) mass is 470 g/mol. The highest BCUT2D eigenvalue weighted by molar-refractivity contribution is 7.16. The van der Waals surface area contributed by atoms with Crippen LogP contribution in [0.1, 0.15) is 67.1 Å². The molecule has 0 unspecified atom stereocenters. The smallest absolute Gasteiger partial charge is 0.309 e. The first-order chi connectivity index (χ1) is 16.0. The van der Waals surface area contributed by atoms with Crippen molar-refractivity contribution in [3.8, 4) is 5.75 Å². The Morgan fingerprint density at radius 2 is 1.97 bits per heavy atom. The van der Waals surface area contributed by atoms with Gasteiger partial charge in [-0.1, -0.05) is 12.1 Å². The van der Waals surface area contributed by atoms with Crippen LogP contribution in [0.4, 0.5) is 5.00 Å². The summed E-state index contributed by atoms with van der Waals surface area (Å²) in [6.07, 6.45) is 6.04. The third-order valence-electron chi connectivity index (χ3n) is 6.70. The van der Waals surface area contributed by atoms with E-state index < -0.39 is 0 Å². The molecule has 1 saturated heterocycles. The van der Waals surface area contributed by atoms with Crippen molar-refractivity contribution in [3.05, 3.63) is 45.8 Å². The number of hydrogen-bond donors (Lipinski definition) is 1. The molecule has 1 aliphatic carbocycles. The number of thiophene rings is 1. The fraction of sp³-hybridized carbons (Fsp3) is 0.538. The van der Waals surface area contributed by atoms with Crippen LogP contribution in [0.15, 0.2) is 24.3 Å². The molecule has 0 radical (unpaired) electrons. The van der Waals surface area contributed by atoms with Gasteiger partial charge < -0.3 is 14.8 Å². The average molecular weight is 471 g/mol. The maximum atomic E-state index is 12.3. The molecule has 0 bridgehead atoms. The molecule has 1 aromatic heterocycles. The van der Waals surface area contributed by atoms with E-state index in [1.54, 1.807) is 25.4 Å². The largest absolute Gasteiger partial charge is 0.497 e. The number of piperidine rings is 1. The standard InChI is InChI=1S/C26H34N2O4S/c1-4-32-26(30)18-12-14-28(15-13-18)24(19-8-7-9-20(16-19)31-3)23-21-10-5-6-11-22(21)33-25(23)27-17(2)29/h7-9,16,18,24H,4-6,10-15H2,1-3H3,(H,27,29)/t24-/m1/s1. The molecule has 33 heavy (non-hydrogen) atoms. The minimum Gasteiger partial charge on any atom is -0.497 e. The van der Waals surface area contributed by atoms with Gasteiger partial charge in [-0.25, -0.2) is 0 Å². The lowest BCUT2D eigenvalue weighted by atomic mass is 9.87. The summed E-state index contributed by atoms with van der Waals surface area (Å²) in [4.78, 5) is 28.3. The topological polar surface area (TPSA) is 67.9 Å². The second-order valence-electron chi connectivity index (χ2n) is 8.88. The van der Waals surface area contributed by atoms with Crippen molar-refractivity contribution in [3.63, 3.8) is 0 Å². The first-order valence-corrected chi connectivity index (χ1v) is 12.8. The summed E-state index contributed by atoms with van der Waals surface area (Å²) in [5.41, 5.74) is 3.78. The van der Waals surface area contributed by atoms with Gasteiger partial charge in [0, 0.05) is 17.4 Å². The first-order valence-electron chi connectivity index (χ1n) is 12.0. The van der Waals surface area contributed by atoms with Crippen LogP contribution in [0, 0.1) is 5.92 Å². The van der Waals surface area contributed by atoms with Crippen LogP contribution >= 0.6 is 11.3 Å². The van der Waals surface area contributed by atoms with Crippen molar-refractivity contribution in [1.82, 2.24) is 4.90 Å². The van der Waals surface area contributed by atoms with Crippen LogP contribution in [-0.2, 0) is 27.2 Å². The highest BCUT2D eigenvalue weighted by Gasteiger charge is 2.35. The van der Waals surface area contributed by atoms with Crippen LogP contribution in [0.5, 0.6) is 5.75 Å². The number of rotatable bonds is 7. The molecule has 1 aromatic carbocycles. The lowest BCUT2D eigenvalue weighted by Gasteiger charge is -2.38. The van der Waals surface area contributed by atoms with Gasteiger partial charge in [0.25, 0.3) is 0 Å². The van der Waals surface area contributed by atoms with Crippen LogP contribution in [0.25, 0.3) is 0 Å². The molecular weight excluding hydrogens is 436 g/mol. The van der Waals surface area contributed by atoms with Gasteiger partial charge in [-0.05, 0) is 81.8 Å². The van der Waals surface area contributed by atoms with Gasteiger partial charge in [0.15, 0.2) is 0 Å². The Balaban J connectivity index is 1.74. The number of carbonyl (C=O) groups is 2. The fourth-order valence-electron chi connectivity index (χ4n) is 5.16. The summed E-state index contributed by atoms with van der Waals surface area (Å²) in [6.45, 7) is 5.46. The van der Waals surface area contributed by atoms with E-state index in [1.807, 2.05) is 19.1 Å². The van der Waals surface area contributed by atoms with Crippen molar-refractivity contribution in [2.45, 2.75) is 58.4 Å². The van der Waals surface area contributed by atoms with Crippen molar-refractivity contribution in [2.24, 2.45) is 5.92 Å². The van der Waals surface area contributed by atoms with E-state index in [0.717, 1.165) is 55.1 Å². The Morgan fingerprint density at radius 3 is 2.67 bits per heavy atom. The summed E-state index contributed by atoms with van der Waals surface area (Å²) in [5, 5.41) is 4.11. The predicted octanol–water partition coefficient (Wildman–Crippen LogP) is 4.96. The Hall–Kier alpha value is -2.38. The number of nitrogens with zero attached hydrogens (tertiary/aromatic N) is 1. The summed E-state index contributed by atoms with van der Waals surface area (Å²) < 4.78 is 10.8. The van der Waals surface area contributed by atoms with E-state index in [0.29, 0.717) is 6.61 Å². The lowest BCUT2D eigenvalue weighted by Crippen LogP contribution is -2.40. The van der Waals surface area contributed by atoms with Gasteiger partial charge >= 0.3 is 5.97 Å². The number of benzene rings is 1. The number of carbonyl (C=O) groups excluding carboxylic acids is 2. The molecule has 2 heterocycles. The summed E-state index contributed by atoms with van der Waals surface area (Å²) >= 11 is 1.74. The number of ether oxygens (including phenoxy) is 2. The molecule has 2 aliphatic rings. The van der Waals surface area contributed by atoms with Crippen LogP contribution < -0.4 is 10.1 Å². The number of esters is 1. The number of hydrogen-bond acceptors (Lipinski definition) is 6. The van der Waals surface area contributed by atoms with E-state index in [1.165, 1.54) is 28.8 Å². The normalized spacial score (nSPS) is 17.8. The Bertz CT molecular complexity index is 994. The zero-order valence-electron chi connectivity index (χ0n) is 19.8. The zero-order chi connectivity index (χ0) is 23.4. The van der Waals surface area contributed by atoms with Crippen molar-refractivity contribution in [1.29, 1.82) is 0 Å². The molecule has 178 valence electrons. The molecule has 0 saturated carbocycles. The van der Waals surface area contributed by atoms with Crippen molar-refractivity contribution in [2.75, 3.05) is 32.1 Å². The predicted molar refractivity (Wildman–Crippen MR) is 131 cm³/mol. The molecule has 1 N–H and O–H groups in total. The fourth-order valence-corrected chi connectivity index (χ4v) is 6.53. The molecule has 1 fully saturated rings. The molecular formula is C26H34N2O4S. The molecule has 4 rings (SSSR count). The van der Waals surface area contributed by atoms with Crippen LogP contribution in [0.2, 0.25) is 0 Å². The van der Waals surface area contributed by atoms with Gasteiger partial charge in [-0.15, -0.1) is 11.3 Å². The van der Waals surface area contributed by atoms with Crippen molar-refractivity contribution < 1.29 is 19.1 Å². The third kappa shape index (κ3) is 5.25. The number of amides is 1. The van der Waals surface area contributed by atoms with Gasteiger partial charge in [0.05, 0.1) is 25.7 Å². The van der Waals surface area contributed by atoms with Gasteiger partial charge in [-0.2, -0.15) is 0 Å². The van der Waals surface area contributed by atoms with Gasteiger partial charge in [0.2, 0.25) is 5.91 Å². The Labute approximate surface area is 200 Å². The number of fused-ring (bicyclic) bond motifs is 1. The minimum atomic E-state index is -0.0815. The third-order valence-corrected chi connectivity index (χ3v) is 7.92. The number of aryl methyl sites for hydroxylation is 1. The van der Waals surface area contributed by atoms with E-state index in [9.17, 15) is 9.59 Å². The average Bonchev–Trinajstić information content (AvgIpc) is 3.17. The Morgan fingerprint density at radius 1 is 1.21 bits per heavy atom. The summed E-state index contributed by atoms with van der Waals surface area (Å²) in [6, 6.07) is 8.25.